The van der Waals surface area contributed by atoms with E-state index in [0.717, 1.165) is 4.90 Å². The third kappa shape index (κ3) is 3.62. The zero-order chi connectivity index (χ0) is 21.4. The Labute approximate surface area is 178 Å². The largest absolute Gasteiger partial charge is 0.473 e. The number of carbonyl (C=O) groups is 3. The molecule has 0 aliphatic carbocycles. The number of fused-ring (bicyclic) bond motifs is 1. The van der Waals surface area contributed by atoms with E-state index in [0.29, 0.717) is 42.7 Å². The summed E-state index contributed by atoms with van der Waals surface area (Å²) < 4.78 is 7.44. The van der Waals surface area contributed by atoms with Gasteiger partial charge in [0.1, 0.15) is 11.1 Å². The molecule has 3 aliphatic rings. The van der Waals surface area contributed by atoms with Crippen LogP contribution in [0.1, 0.15) is 12.8 Å². The predicted molar refractivity (Wildman–Crippen MR) is 108 cm³/mol. The Morgan fingerprint density at radius 1 is 1.27 bits per heavy atom. The minimum absolute atomic E-state index is 0.0108. The molecule has 0 spiro atoms. The highest BCUT2D eigenvalue weighted by atomic mass is 35.5. The van der Waals surface area contributed by atoms with Gasteiger partial charge in [-0.25, -0.2) is 14.4 Å². The summed E-state index contributed by atoms with van der Waals surface area (Å²) in [5, 5.41) is 0.460. The lowest BCUT2D eigenvalue weighted by atomic mass is 10.1. The van der Waals surface area contributed by atoms with Gasteiger partial charge in [-0.1, -0.05) is 11.6 Å². The van der Waals surface area contributed by atoms with E-state index in [1.54, 1.807) is 34.9 Å². The summed E-state index contributed by atoms with van der Waals surface area (Å²) in [6, 6.07) is 2.27. The van der Waals surface area contributed by atoms with Crippen LogP contribution in [0.2, 0.25) is 5.02 Å². The normalized spacial score (nSPS) is 22.1. The first-order chi connectivity index (χ1) is 14.4. The van der Waals surface area contributed by atoms with Crippen LogP contribution in [-0.4, -0.2) is 100 Å². The predicted octanol–water partition coefficient (Wildman–Crippen LogP) is 0.450. The van der Waals surface area contributed by atoms with Crippen LogP contribution in [0.25, 0.3) is 0 Å². The molecule has 0 N–H and O–H groups in total. The Kier molecular flexibility index (Phi) is 5.42. The molecule has 0 aromatic carbocycles. The topological polar surface area (TPSA) is 98.4 Å². The van der Waals surface area contributed by atoms with Crippen molar-refractivity contribution in [2.24, 2.45) is 4.99 Å². The lowest BCUT2D eigenvalue weighted by Crippen LogP contribution is -2.62. The van der Waals surface area contributed by atoms with E-state index in [2.05, 4.69) is 9.98 Å². The van der Waals surface area contributed by atoms with Crippen LogP contribution in [0.5, 0.6) is 5.88 Å². The number of halogens is 1. The van der Waals surface area contributed by atoms with Gasteiger partial charge in [0.25, 0.3) is 30.0 Å². The number of nitrogens with zero attached hydrogens (tertiary/aromatic N) is 6. The van der Waals surface area contributed by atoms with Crippen molar-refractivity contribution < 1.29 is 23.7 Å². The van der Waals surface area contributed by atoms with E-state index in [1.165, 1.54) is 18.3 Å². The van der Waals surface area contributed by atoms with Crippen LogP contribution >= 0.6 is 11.6 Å². The second kappa shape index (κ2) is 8.02. The van der Waals surface area contributed by atoms with E-state index in [9.17, 15) is 14.4 Å². The molecular weight excluding hydrogens is 412 g/mol. The first-order valence-corrected chi connectivity index (χ1v) is 10.0. The maximum absolute atomic E-state index is 12.8. The number of aliphatic imine (C=N–C) groups is 1. The number of urea groups is 1. The molecule has 1 aromatic rings. The minimum atomic E-state index is -0.756. The van der Waals surface area contributed by atoms with Gasteiger partial charge in [0.2, 0.25) is 5.88 Å². The van der Waals surface area contributed by atoms with Crippen molar-refractivity contribution in [2.75, 3.05) is 33.7 Å². The summed E-state index contributed by atoms with van der Waals surface area (Å²) in [4.78, 5) is 49.9. The van der Waals surface area contributed by atoms with Crippen LogP contribution in [0, 0.1) is 0 Å². The van der Waals surface area contributed by atoms with Crippen LogP contribution in [-0.2, 0) is 9.59 Å². The number of ether oxygens (including phenoxy) is 1. The Hall–Kier alpha value is -3.01. The summed E-state index contributed by atoms with van der Waals surface area (Å²) in [6.07, 6.45) is 4.33. The fraction of sp³-hybridized carbons (Fsp3) is 0.474. The number of piperidine rings is 1. The molecule has 30 heavy (non-hydrogen) atoms. The number of carbonyl (C=O) groups excluding carboxylic acids is 3. The van der Waals surface area contributed by atoms with Crippen LogP contribution in [0.4, 0.5) is 4.79 Å². The van der Waals surface area contributed by atoms with Gasteiger partial charge >= 0.3 is 6.03 Å². The Bertz CT molecular complexity index is 956. The molecule has 3 aliphatic heterocycles. The Balaban J connectivity index is 1.33. The Morgan fingerprint density at radius 2 is 2.00 bits per heavy atom. The standard InChI is InChI=1S/C19H22ClN6O4/c1-23-16-15(18(28)24(2)19(23)29)26(11-22-16)10-14(27)25-8-5-12(6-9-25)30-17-13(20)4-3-7-21-17/h3-4,7,11-12,15H,5-6,8-10H2,1-2H3/q+1. The van der Waals surface area contributed by atoms with Crippen LogP contribution < -0.4 is 4.74 Å². The van der Waals surface area contributed by atoms with Crippen molar-refractivity contribution in [2.45, 2.75) is 25.0 Å². The maximum atomic E-state index is 12.8. The highest BCUT2D eigenvalue weighted by Gasteiger charge is 2.51. The first kappa shape index (κ1) is 20.3. The number of likely N-dealkylation sites (N-methyl/N-ethyl adjacent to an activating group) is 2. The van der Waals surface area contributed by atoms with Crippen LogP contribution in [0.15, 0.2) is 23.3 Å². The molecule has 1 atom stereocenters. The summed E-state index contributed by atoms with van der Waals surface area (Å²) in [6.45, 7) is 1.08. The number of imide groups is 1. The van der Waals surface area contributed by atoms with Crippen LogP contribution in [0.3, 0.4) is 0 Å². The maximum Gasteiger partial charge on any atom is 0.333 e. The van der Waals surface area contributed by atoms with Crippen molar-refractivity contribution in [1.29, 1.82) is 0 Å². The van der Waals surface area contributed by atoms with E-state index in [-0.39, 0.29) is 18.6 Å². The summed E-state index contributed by atoms with van der Waals surface area (Å²) in [7, 11) is 2.99. The van der Waals surface area contributed by atoms with Crippen molar-refractivity contribution in [3.05, 3.63) is 23.4 Å². The number of hydrogen-bond donors (Lipinski definition) is 0. The number of amidine groups is 1. The van der Waals surface area contributed by atoms with Gasteiger partial charge in [0.15, 0.2) is 6.54 Å². The number of aromatic nitrogens is 1. The monoisotopic (exact) mass is 433 g/mol. The zero-order valence-corrected chi connectivity index (χ0v) is 17.4. The highest BCUT2D eigenvalue weighted by Crippen LogP contribution is 2.24. The molecule has 4 amide bonds. The third-order valence-corrected chi connectivity index (χ3v) is 5.80. The van der Waals surface area contributed by atoms with Gasteiger partial charge in [0, 0.05) is 46.2 Å². The lowest BCUT2D eigenvalue weighted by Gasteiger charge is -2.33. The van der Waals surface area contributed by atoms with Crippen molar-refractivity contribution >= 4 is 41.6 Å². The molecule has 2 fully saturated rings. The molecule has 11 heteroatoms. The number of likely N-dealkylation sites (tertiary alicyclic amines) is 1. The molecule has 158 valence electrons. The van der Waals surface area contributed by atoms with E-state index in [4.69, 9.17) is 16.3 Å². The number of rotatable bonds is 4. The average molecular weight is 434 g/mol. The highest BCUT2D eigenvalue weighted by molar-refractivity contribution is 6.31. The fourth-order valence-electron chi connectivity index (χ4n) is 3.77. The SMILES string of the molecule is CN1C(=O)C2C(=NC=[N+]2CC(=O)N2CCC(Oc3ncccc3Cl)CC2)N(C)C1=O. The Morgan fingerprint density at radius 3 is 2.70 bits per heavy atom. The van der Waals surface area contributed by atoms with E-state index in [1.807, 2.05) is 0 Å². The number of pyridine rings is 1. The van der Waals surface area contributed by atoms with Gasteiger partial charge in [-0.05, 0) is 17.1 Å². The molecule has 1 unspecified atom stereocenters. The summed E-state index contributed by atoms with van der Waals surface area (Å²) in [5.41, 5.74) is 0. The van der Waals surface area contributed by atoms with Crippen molar-refractivity contribution in [3.63, 3.8) is 0 Å². The number of amides is 4. The van der Waals surface area contributed by atoms with Gasteiger partial charge in [-0.3, -0.25) is 19.4 Å². The molecule has 1 aromatic heterocycles. The summed E-state index contributed by atoms with van der Waals surface area (Å²) in [5.74, 6) is 0.249. The fourth-order valence-corrected chi connectivity index (χ4v) is 3.94. The molecule has 10 nitrogen and oxygen atoms in total. The molecule has 4 heterocycles. The van der Waals surface area contributed by atoms with Crippen molar-refractivity contribution in [1.82, 2.24) is 19.7 Å². The molecule has 0 saturated carbocycles. The smallest absolute Gasteiger partial charge is 0.333 e. The van der Waals surface area contributed by atoms with E-state index < -0.39 is 18.0 Å². The average Bonchev–Trinajstić information content (AvgIpc) is 3.16. The zero-order valence-electron chi connectivity index (χ0n) is 16.7. The number of hydrogen-bond acceptors (Lipinski definition) is 6. The van der Waals surface area contributed by atoms with Gasteiger partial charge in [-0.2, -0.15) is 0 Å². The molecule has 0 radical (unpaired) electrons. The quantitative estimate of drug-likeness (QED) is 0.642. The van der Waals surface area contributed by atoms with Gasteiger partial charge in [0.05, 0.1) is 0 Å². The molecule has 4 rings (SSSR count). The van der Waals surface area contributed by atoms with Gasteiger partial charge in [-0.15, -0.1) is 0 Å². The summed E-state index contributed by atoms with van der Waals surface area (Å²) >= 11 is 6.09. The molecule has 0 bridgehead atoms. The second-order valence-corrected chi connectivity index (χ2v) is 7.81. The van der Waals surface area contributed by atoms with E-state index >= 15 is 0 Å². The lowest BCUT2D eigenvalue weighted by molar-refractivity contribution is -0.520. The third-order valence-electron chi connectivity index (χ3n) is 5.51. The first-order valence-electron chi connectivity index (χ1n) is 9.64. The second-order valence-electron chi connectivity index (χ2n) is 7.40. The minimum Gasteiger partial charge on any atom is -0.473 e. The van der Waals surface area contributed by atoms with Crippen molar-refractivity contribution in [3.8, 4) is 5.88 Å². The van der Waals surface area contributed by atoms with Gasteiger partial charge < -0.3 is 9.64 Å². The molecular formula is C19H22ClN6O4+. The molecule has 2 saturated heterocycles.